The molecule has 2 aromatic rings. The summed E-state index contributed by atoms with van der Waals surface area (Å²) in [7, 11) is 3.90. The highest BCUT2D eigenvalue weighted by atomic mass is 16.1. The van der Waals surface area contributed by atoms with Crippen LogP contribution in [0, 0.1) is 0 Å². The fourth-order valence-corrected chi connectivity index (χ4v) is 2.20. The van der Waals surface area contributed by atoms with E-state index in [-0.39, 0.29) is 5.78 Å². The second-order valence-corrected chi connectivity index (χ2v) is 4.94. The molecule has 0 heterocycles. The van der Waals surface area contributed by atoms with Gasteiger partial charge in [-0.2, -0.15) is 0 Å². The summed E-state index contributed by atoms with van der Waals surface area (Å²) in [4.78, 5) is 13.9. The van der Waals surface area contributed by atoms with Crippen LogP contribution < -0.4 is 4.90 Å². The zero-order chi connectivity index (χ0) is 14.5. The van der Waals surface area contributed by atoms with Crippen LogP contribution in [0.25, 0.3) is 12.2 Å². The summed E-state index contributed by atoms with van der Waals surface area (Å²) in [5.74, 6) is 0.0852. The van der Waals surface area contributed by atoms with Crippen molar-refractivity contribution in [1.29, 1.82) is 0 Å². The number of hydrogen-bond donors (Lipinski definition) is 0. The predicted molar refractivity (Wildman–Crippen MR) is 86.1 cm³/mol. The van der Waals surface area contributed by atoms with E-state index < -0.39 is 0 Å². The lowest BCUT2D eigenvalue weighted by Crippen LogP contribution is -2.13. The van der Waals surface area contributed by atoms with Crippen LogP contribution in [-0.4, -0.2) is 19.9 Å². The van der Waals surface area contributed by atoms with Crippen LogP contribution >= 0.6 is 0 Å². The quantitative estimate of drug-likeness (QED) is 0.612. The summed E-state index contributed by atoms with van der Waals surface area (Å²) in [6.45, 7) is 1.61. The Bertz CT molecular complexity index is 627. The zero-order valence-electron chi connectivity index (χ0n) is 12.1. The minimum atomic E-state index is 0.0852. The highest BCUT2D eigenvalue weighted by molar-refractivity contribution is 6.03. The predicted octanol–water partition coefficient (Wildman–Crippen LogP) is 4.13. The third-order valence-corrected chi connectivity index (χ3v) is 3.16. The van der Waals surface area contributed by atoms with Gasteiger partial charge in [0.15, 0.2) is 5.78 Å². The van der Waals surface area contributed by atoms with Gasteiger partial charge < -0.3 is 4.90 Å². The molecule has 0 fully saturated rings. The number of Topliss-reactive ketones (excluding diaryl/α,β-unsaturated/α-hetero) is 1. The fourth-order valence-electron chi connectivity index (χ4n) is 2.20. The third-order valence-electron chi connectivity index (χ3n) is 3.16. The van der Waals surface area contributed by atoms with E-state index in [1.165, 1.54) is 0 Å². The number of rotatable bonds is 4. The molecule has 0 aliphatic heterocycles. The Morgan fingerprint density at radius 3 is 2.25 bits per heavy atom. The molecule has 20 heavy (non-hydrogen) atoms. The minimum absolute atomic E-state index is 0.0852. The van der Waals surface area contributed by atoms with E-state index in [9.17, 15) is 4.79 Å². The molecule has 2 heteroatoms. The van der Waals surface area contributed by atoms with Crippen LogP contribution in [0.4, 0.5) is 5.69 Å². The maximum absolute atomic E-state index is 11.9. The normalized spacial score (nSPS) is 10.8. The number of ketones is 1. The largest absolute Gasteiger partial charge is 0.377 e. The summed E-state index contributed by atoms with van der Waals surface area (Å²) < 4.78 is 0. The summed E-state index contributed by atoms with van der Waals surface area (Å²) >= 11 is 0. The van der Waals surface area contributed by atoms with E-state index in [1.54, 1.807) is 6.92 Å². The maximum atomic E-state index is 11.9. The molecular formula is C18H19NO. The number of carbonyl (C=O) groups excluding carboxylic acids is 1. The Morgan fingerprint density at radius 2 is 1.65 bits per heavy atom. The summed E-state index contributed by atoms with van der Waals surface area (Å²) in [5.41, 5.74) is 3.79. The second-order valence-electron chi connectivity index (χ2n) is 4.94. The summed E-state index contributed by atoms with van der Waals surface area (Å²) in [6, 6.07) is 16.0. The van der Waals surface area contributed by atoms with Gasteiger partial charge in [-0.15, -0.1) is 0 Å². The molecule has 2 nitrogen and oxygen atoms in total. The molecule has 0 radical (unpaired) electrons. The molecule has 102 valence electrons. The van der Waals surface area contributed by atoms with Gasteiger partial charge in [-0.3, -0.25) is 4.79 Å². The van der Waals surface area contributed by atoms with Gasteiger partial charge in [-0.1, -0.05) is 54.6 Å². The van der Waals surface area contributed by atoms with Crippen molar-refractivity contribution in [2.45, 2.75) is 6.92 Å². The lowest BCUT2D eigenvalue weighted by molar-refractivity contribution is 0.101. The van der Waals surface area contributed by atoms with Gasteiger partial charge in [0.25, 0.3) is 0 Å². The van der Waals surface area contributed by atoms with Crippen LogP contribution in [0.3, 0.4) is 0 Å². The number of benzene rings is 2. The van der Waals surface area contributed by atoms with Crippen molar-refractivity contribution in [3.63, 3.8) is 0 Å². The number of carbonyl (C=O) groups is 1. The average molecular weight is 265 g/mol. The van der Waals surface area contributed by atoms with Crippen LogP contribution in [0.2, 0.25) is 0 Å². The van der Waals surface area contributed by atoms with Crippen molar-refractivity contribution in [3.05, 3.63) is 65.2 Å². The number of hydrogen-bond acceptors (Lipinski definition) is 2. The first-order chi connectivity index (χ1) is 9.59. The van der Waals surface area contributed by atoms with E-state index in [0.717, 1.165) is 22.4 Å². The highest BCUT2D eigenvalue weighted by Gasteiger charge is 2.12. The topological polar surface area (TPSA) is 20.3 Å². The fraction of sp³-hybridized carbons (Fsp3) is 0.167. The van der Waals surface area contributed by atoms with Gasteiger partial charge in [-0.25, -0.2) is 0 Å². The first-order valence-electron chi connectivity index (χ1n) is 6.64. The molecular weight excluding hydrogens is 246 g/mol. The summed E-state index contributed by atoms with van der Waals surface area (Å²) in [5, 5.41) is 0. The van der Waals surface area contributed by atoms with Crippen molar-refractivity contribution in [1.82, 2.24) is 0 Å². The van der Waals surface area contributed by atoms with Crippen molar-refractivity contribution in [2.24, 2.45) is 0 Å². The molecule has 0 aromatic heterocycles. The van der Waals surface area contributed by atoms with Crippen molar-refractivity contribution in [2.75, 3.05) is 19.0 Å². The number of nitrogens with zero attached hydrogens (tertiary/aromatic N) is 1. The monoisotopic (exact) mass is 265 g/mol. The molecule has 2 aromatic carbocycles. The van der Waals surface area contributed by atoms with Crippen molar-refractivity contribution >= 4 is 23.6 Å². The first-order valence-corrected chi connectivity index (χ1v) is 6.64. The zero-order valence-corrected chi connectivity index (χ0v) is 12.1. The molecule has 0 saturated heterocycles. The van der Waals surface area contributed by atoms with Crippen LogP contribution in [0.1, 0.15) is 28.4 Å². The molecule has 0 bridgehead atoms. The molecule has 0 unspecified atom stereocenters. The van der Waals surface area contributed by atoms with Gasteiger partial charge >= 0.3 is 0 Å². The smallest absolute Gasteiger partial charge is 0.162 e. The highest BCUT2D eigenvalue weighted by Crippen LogP contribution is 2.24. The van der Waals surface area contributed by atoms with Gasteiger partial charge in [-0.05, 0) is 24.1 Å². The standard InChI is InChI=1S/C18H19NO/c1-14(20)18-16(10-7-11-17(18)19(2)3)13-12-15-8-5-4-6-9-15/h4-13H,1-3H3/b13-12+. The van der Waals surface area contributed by atoms with E-state index in [0.29, 0.717) is 0 Å². The molecule has 0 atom stereocenters. The lowest BCUT2D eigenvalue weighted by Gasteiger charge is -2.17. The van der Waals surface area contributed by atoms with Crippen LogP contribution in [0.15, 0.2) is 48.5 Å². The Kier molecular flexibility index (Phi) is 4.36. The van der Waals surface area contributed by atoms with E-state index >= 15 is 0 Å². The van der Waals surface area contributed by atoms with Gasteiger partial charge in [0.05, 0.1) is 0 Å². The molecule has 0 N–H and O–H groups in total. The van der Waals surface area contributed by atoms with E-state index in [1.807, 2.05) is 79.7 Å². The maximum Gasteiger partial charge on any atom is 0.162 e. The molecule has 2 rings (SSSR count). The Balaban J connectivity index is 2.44. The second kappa shape index (κ2) is 6.20. The van der Waals surface area contributed by atoms with Gasteiger partial charge in [0.2, 0.25) is 0 Å². The molecule has 0 aliphatic carbocycles. The van der Waals surface area contributed by atoms with Gasteiger partial charge in [0.1, 0.15) is 0 Å². The number of anilines is 1. The SMILES string of the molecule is CC(=O)c1c(/C=C/c2ccccc2)cccc1N(C)C. The molecule has 0 aliphatic rings. The summed E-state index contributed by atoms with van der Waals surface area (Å²) in [6.07, 6.45) is 4.03. The van der Waals surface area contributed by atoms with Gasteiger partial charge in [0, 0.05) is 25.3 Å². The van der Waals surface area contributed by atoms with Crippen LogP contribution in [-0.2, 0) is 0 Å². The van der Waals surface area contributed by atoms with Crippen molar-refractivity contribution in [3.8, 4) is 0 Å². The first kappa shape index (κ1) is 14.1. The van der Waals surface area contributed by atoms with E-state index in [4.69, 9.17) is 0 Å². The Morgan fingerprint density at radius 1 is 0.950 bits per heavy atom. The minimum Gasteiger partial charge on any atom is -0.377 e. The molecule has 0 amide bonds. The van der Waals surface area contributed by atoms with E-state index in [2.05, 4.69) is 0 Å². The Labute approximate surface area is 120 Å². The lowest BCUT2D eigenvalue weighted by atomic mass is 10.00. The molecule has 0 saturated carbocycles. The van der Waals surface area contributed by atoms with Crippen molar-refractivity contribution < 1.29 is 4.79 Å². The average Bonchev–Trinajstić information content (AvgIpc) is 2.45. The third kappa shape index (κ3) is 3.15. The van der Waals surface area contributed by atoms with Crippen LogP contribution in [0.5, 0.6) is 0 Å². The Hall–Kier alpha value is -2.35. The molecule has 0 spiro atoms.